The number of carbonyl (C=O) groups excluding carboxylic acids is 1. The summed E-state index contributed by atoms with van der Waals surface area (Å²) in [6, 6.07) is 3.21. The molecule has 2 aromatic rings. The Morgan fingerprint density at radius 1 is 1.30 bits per heavy atom. The number of aromatic nitrogens is 2. The van der Waals surface area contributed by atoms with E-state index in [-0.39, 0.29) is 36.1 Å². The van der Waals surface area contributed by atoms with Crippen LogP contribution in [0.25, 0.3) is 11.1 Å². The highest BCUT2D eigenvalue weighted by Crippen LogP contribution is 2.39. The quantitative estimate of drug-likeness (QED) is 0.298. The van der Waals surface area contributed by atoms with E-state index in [4.69, 9.17) is 11.2 Å². The molecule has 3 N–H and O–H groups in total. The molecule has 1 aromatic carbocycles. The number of halogens is 2. The highest BCUT2D eigenvalue weighted by atomic mass is 19.3. The number of terminal acetylenes is 1. The SMILES string of the molecule is C#C[C@@H]1CC(NC2=C(C(=N)N3CCCc4cc(-c5cnn(C)c5)c(C(F)F)cc43)CN(C(=O)NC)CC2)CCO1. The van der Waals surface area contributed by atoms with E-state index in [1.165, 1.54) is 6.07 Å². The average Bonchev–Trinajstić information content (AvgIpc) is 3.41. The standard InChI is InChI=1S/C29H35F2N7O2/c1-4-21-13-20(8-11-40-21)35-25-7-10-37(29(39)33-2)17-24(25)28(32)38-9-5-6-18-12-22(19-15-34-36(3)16-19)23(27(30)31)14-26(18)38/h1,12,14-16,20-21,27,32,35H,5-11,13,17H2,2-3H3,(H,33,39)/t20?,21-/m1/s1. The number of amides is 2. The Bertz CT molecular complexity index is 1360. The normalized spacial score (nSPS) is 21.2. The number of rotatable bonds is 5. The van der Waals surface area contributed by atoms with Crippen molar-refractivity contribution in [2.75, 3.05) is 38.2 Å². The van der Waals surface area contributed by atoms with E-state index >= 15 is 0 Å². The molecule has 1 unspecified atom stereocenters. The lowest BCUT2D eigenvalue weighted by Gasteiger charge is -2.38. The van der Waals surface area contributed by atoms with Crippen LogP contribution in [0.2, 0.25) is 0 Å². The molecule has 5 rings (SSSR count). The average molecular weight is 552 g/mol. The number of ether oxygens (including phenoxy) is 1. The molecule has 1 fully saturated rings. The van der Waals surface area contributed by atoms with Crippen LogP contribution in [0.15, 0.2) is 35.8 Å². The van der Waals surface area contributed by atoms with Gasteiger partial charge in [0.25, 0.3) is 6.43 Å². The summed E-state index contributed by atoms with van der Waals surface area (Å²) in [4.78, 5) is 16.0. The first-order valence-corrected chi connectivity index (χ1v) is 13.6. The van der Waals surface area contributed by atoms with Crippen LogP contribution >= 0.6 is 0 Å². The van der Waals surface area contributed by atoms with Crippen molar-refractivity contribution in [3.8, 4) is 23.5 Å². The maximum atomic E-state index is 14.3. The summed E-state index contributed by atoms with van der Waals surface area (Å²) >= 11 is 0. The third kappa shape index (κ3) is 5.54. The van der Waals surface area contributed by atoms with Gasteiger partial charge in [0, 0.05) is 80.3 Å². The maximum absolute atomic E-state index is 14.3. The molecule has 1 saturated heterocycles. The summed E-state index contributed by atoms with van der Waals surface area (Å²) in [5, 5.41) is 19.8. The highest BCUT2D eigenvalue weighted by molar-refractivity contribution is 6.09. The zero-order valence-electron chi connectivity index (χ0n) is 22.8. The molecular weight excluding hydrogens is 516 g/mol. The van der Waals surface area contributed by atoms with Gasteiger partial charge in [-0.2, -0.15) is 5.10 Å². The molecule has 9 nitrogen and oxygen atoms in total. The number of aryl methyl sites for hydroxylation is 2. The first-order valence-electron chi connectivity index (χ1n) is 13.6. The van der Waals surface area contributed by atoms with Gasteiger partial charge in [-0.05, 0) is 42.5 Å². The van der Waals surface area contributed by atoms with Gasteiger partial charge in [0.05, 0.1) is 19.3 Å². The summed E-state index contributed by atoms with van der Waals surface area (Å²) in [6.07, 6.45) is 9.45. The summed E-state index contributed by atoms with van der Waals surface area (Å²) in [6.45, 7) is 1.81. The lowest BCUT2D eigenvalue weighted by Crippen LogP contribution is -2.49. The lowest BCUT2D eigenvalue weighted by molar-refractivity contribution is 0.0377. The van der Waals surface area contributed by atoms with Gasteiger partial charge in [0.1, 0.15) is 11.9 Å². The fourth-order valence-electron chi connectivity index (χ4n) is 5.80. The molecule has 0 bridgehead atoms. The fourth-order valence-corrected chi connectivity index (χ4v) is 5.80. The van der Waals surface area contributed by atoms with Crippen LogP contribution in [0.3, 0.4) is 0 Å². The summed E-state index contributed by atoms with van der Waals surface area (Å²) in [5.41, 5.74) is 4.11. The minimum atomic E-state index is -2.69. The molecule has 3 aliphatic heterocycles. The van der Waals surface area contributed by atoms with Gasteiger partial charge in [-0.25, -0.2) is 13.6 Å². The Labute approximate surface area is 233 Å². The second kappa shape index (κ2) is 11.7. The molecule has 2 amide bonds. The van der Waals surface area contributed by atoms with Crippen LogP contribution < -0.4 is 15.5 Å². The molecule has 2 atom stereocenters. The largest absolute Gasteiger partial charge is 0.385 e. The van der Waals surface area contributed by atoms with Crippen molar-refractivity contribution in [2.45, 2.75) is 50.7 Å². The molecule has 0 aliphatic carbocycles. The Kier molecular flexibility index (Phi) is 8.07. The first-order chi connectivity index (χ1) is 19.3. The number of benzene rings is 1. The van der Waals surface area contributed by atoms with Crippen molar-refractivity contribution in [1.82, 2.24) is 25.3 Å². The van der Waals surface area contributed by atoms with Gasteiger partial charge in [-0.15, -0.1) is 6.42 Å². The first kappa shape index (κ1) is 27.6. The number of amidine groups is 1. The fraction of sp³-hybridized carbons (Fsp3) is 0.483. The van der Waals surface area contributed by atoms with Gasteiger partial charge in [-0.1, -0.05) is 5.92 Å². The molecule has 0 saturated carbocycles. The zero-order chi connectivity index (χ0) is 28.4. The lowest BCUT2D eigenvalue weighted by atomic mass is 9.92. The van der Waals surface area contributed by atoms with Crippen LogP contribution in [0.1, 0.15) is 43.2 Å². The molecule has 212 valence electrons. The van der Waals surface area contributed by atoms with Crippen LogP contribution in [-0.2, 0) is 18.2 Å². The third-order valence-electron chi connectivity index (χ3n) is 7.87. The van der Waals surface area contributed by atoms with E-state index in [2.05, 4.69) is 21.7 Å². The van der Waals surface area contributed by atoms with Gasteiger partial charge in [0.2, 0.25) is 0 Å². The van der Waals surface area contributed by atoms with E-state index in [1.807, 2.05) is 11.0 Å². The van der Waals surface area contributed by atoms with Gasteiger partial charge < -0.3 is 25.2 Å². The number of alkyl halides is 2. The Balaban J connectivity index is 1.51. The number of hydrogen-bond donors (Lipinski definition) is 3. The van der Waals surface area contributed by atoms with Crippen molar-refractivity contribution < 1.29 is 18.3 Å². The Morgan fingerprint density at radius 2 is 2.12 bits per heavy atom. The van der Waals surface area contributed by atoms with Crippen molar-refractivity contribution in [2.24, 2.45) is 7.05 Å². The number of urea groups is 1. The van der Waals surface area contributed by atoms with Crippen LogP contribution in [-0.4, -0.2) is 72.0 Å². The molecule has 3 aliphatic rings. The highest BCUT2D eigenvalue weighted by Gasteiger charge is 2.32. The molecule has 0 spiro atoms. The van der Waals surface area contributed by atoms with E-state index < -0.39 is 6.43 Å². The minimum absolute atomic E-state index is 0.0836. The monoisotopic (exact) mass is 551 g/mol. The van der Waals surface area contributed by atoms with Crippen LogP contribution in [0.5, 0.6) is 0 Å². The molecule has 4 heterocycles. The van der Waals surface area contributed by atoms with E-state index in [0.717, 1.165) is 30.5 Å². The summed E-state index contributed by atoms with van der Waals surface area (Å²) in [5.74, 6) is 2.89. The predicted molar refractivity (Wildman–Crippen MR) is 149 cm³/mol. The second-order valence-corrected chi connectivity index (χ2v) is 10.5. The van der Waals surface area contributed by atoms with Gasteiger partial charge in [0.15, 0.2) is 0 Å². The molecule has 40 heavy (non-hydrogen) atoms. The number of anilines is 1. The van der Waals surface area contributed by atoms with Crippen molar-refractivity contribution in [3.63, 3.8) is 0 Å². The number of nitrogens with one attached hydrogen (secondary N) is 3. The summed E-state index contributed by atoms with van der Waals surface area (Å²) < 4.78 is 35.9. The third-order valence-corrected chi connectivity index (χ3v) is 7.87. The molecule has 1 aromatic heterocycles. The minimum Gasteiger partial charge on any atom is -0.385 e. The van der Waals surface area contributed by atoms with Gasteiger partial charge >= 0.3 is 6.03 Å². The van der Waals surface area contributed by atoms with Crippen LogP contribution in [0, 0.1) is 17.8 Å². The van der Waals surface area contributed by atoms with Crippen molar-refractivity contribution in [1.29, 1.82) is 5.41 Å². The predicted octanol–water partition coefficient (Wildman–Crippen LogP) is 3.82. The Morgan fingerprint density at radius 3 is 2.83 bits per heavy atom. The Hall–Kier alpha value is -3.91. The molecule has 0 radical (unpaired) electrons. The van der Waals surface area contributed by atoms with Gasteiger partial charge in [-0.3, -0.25) is 10.1 Å². The van der Waals surface area contributed by atoms with Crippen LogP contribution in [0.4, 0.5) is 19.3 Å². The smallest absolute Gasteiger partial charge is 0.317 e. The molecule has 11 heteroatoms. The number of carbonyl (C=O) groups is 1. The summed E-state index contributed by atoms with van der Waals surface area (Å²) in [7, 11) is 3.34. The molecular formula is C29H35F2N7O2. The zero-order valence-corrected chi connectivity index (χ0v) is 22.8. The number of hydrogen-bond acceptors (Lipinski definition) is 5. The van der Waals surface area contributed by atoms with Crippen molar-refractivity contribution >= 4 is 17.6 Å². The topological polar surface area (TPSA) is 98.5 Å². The maximum Gasteiger partial charge on any atom is 0.317 e. The van der Waals surface area contributed by atoms with E-state index in [9.17, 15) is 19.0 Å². The number of nitrogens with zero attached hydrogens (tertiary/aromatic N) is 4. The number of fused-ring (bicyclic) bond motifs is 1. The van der Waals surface area contributed by atoms with E-state index in [1.54, 1.807) is 36.1 Å². The van der Waals surface area contributed by atoms with Crippen molar-refractivity contribution in [3.05, 3.63) is 46.9 Å². The second-order valence-electron chi connectivity index (χ2n) is 10.5. The van der Waals surface area contributed by atoms with E-state index in [0.29, 0.717) is 54.9 Å².